The Labute approximate surface area is 164 Å². The number of nitrogens with zero attached hydrogens (tertiary/aromatic N) is 1. The fourth-order valence-corrected chi connectivity index (χ4v) is 5.80. The van der Waals surface area contributed by atoms with Gasteiger partial charge in [0.15, 0.2) is 0 Å². The molecule has 2 bridgehead atoms. The lowest BCUT2D eigenvalue weighted by Crippen LogP contribution is -2.32. The van der Waals surface area contributed by atoms with E-state index in [0.29, 0.717) is 17.0 Å². The van der Waals surface area contributed by atoms with Gasteiger partial charge in [-0.05, 0) is 60.9 Å². The highest BCUT2D eigenvalue weighted by molar-refractivity contribution is 7.91. The molecule has 3 aromatic rings. The summed E-state index contributed by atoms with van der Waals surface area (Å²) >= 11 is 0. The number of fused-ring (bicyclic) bond motifs is 6. The number of hydrogen-bond donors (Lipinski definition) is 2. The second kappa shape index (κ2) is 6.26. The summed E-state index contributed by atoms with van der Waals surface area (Å²) in [6, 6.07) is 12.0. The van der Waals surface area contributed by atoms with Crippen LogP contribution < -0.4 is 5.32 Å². The van der Waals surface area contributed by atoms with E-state index in [-0.39, 0.29) is 23.1 Å². The van der Waals surface area contributed by atoms with Gasteiger partial charge >= 0.3 is 0 Å². The zero-order chi connectivity index (χ0) is 18.1. The van der Waals surface area contributed by atoms with Crippen LogP contribution in [0, 0.1) is 0 Å². The molecule has 0 amide bonds. The number of aromatic nitrogens is 1. The van der Waals surface area contributed by atoms with E-state index < -0.39 is 9.84 Å². The van der Waals surface area contributed by atoms with E-state index in [2.05, 4.69) is 16.9 Å². The van der Waals surface area contributed by atoms with Gasteiger partial charge in [-0.15, -0.1) is 12.4 Å². The Morgan fingerprint density at radius 3 is 2.52 bits per heavy atom. The van der Waals surface area contributed by atoms with Crippen LogP contribution in [0.2, 0.25) is 0 Å². The second-order valence-corrected chi connectivity index (χ2v) is 9.24. The lowest BCUT2D eigenvalue weighted by Gasteiger charge is -2.23. The maximum atomic E-state index is 13.0. The largest absolute Gasteiger partial charge is 0.508 e. The molecule has 3 heterocycles. The maximum Gasteiger partial charge on any atom is 0.206 e. The number of aromatic hydroxyl groups is 1. The standard InChI is InChI=1S/C20H20N2O3S.ClH/c1-22-18-9-7-15(26(24,25)14-5-3-13(23)4-6-14)11-16(18)20-17-8-2-12(21-17)10-19(20)22;/h3-7,9,11-12,17,21,23H,2,8,10H2,1H3;1H. The van der Waals surface area contributed by atoms with Crippen LogP contribution in [-0.2, 0) is 23.3 Å². The number of hydrogen-bond acceptors (Lipinski definition) is 4. The van der Waals surface area contributed by atoms with E-state index in [1.807, 2.05) is 12.1 Å². The molecule has 1 aromatic heterocycles. The van der Waals surface area contributed by atoms with Gasteiger partial charge in [-0.3, -0.25) is 0 Å². The number of rotatable bonds is 2. The first-order valence-electron chi connectivity index (χ1n) is 8.86. The van der Waals surface area contributed by atoms with E-state index in [1.54, 1.807) is 6.07 Å². The fourth-order valence-electron chi connectivity index (χ4n) is 4.51. The Morgan fingerprint density at radius 2 is 1.78 bits per heavy atom. The van der Waals surface area contributed by atoms with E-state index >= 15 is 0 Å². The third kappa shape index (κ3) is 2.66. The van der Waals surface area contributed by atoms with Crippen molar-refractivity contribution in [2.75, 3.05) is 0 Å². The molecule has 27 heavy (non-hydrogen) atoms. The highest BCUT2D eigenvalue weighted by atomic mass is 35.5. The zero-order valence-corrected chi connectivity index (χ0v) is 16.5. The Balaban J connectivity index is 0.00000180. The van der Waals surface area contributed by atoms with Gasteiger partial charge < -0.3 is 15.0 Å². The van der Waals surface area contributed by atoms with Gasteiger partial charge in [0.05, 0.1) is 9.79 Å². The van der Waals surface area contributed by atoms with Gasteiger partial charge in [0.2, 0.25) is 9.84 Å². The average molecular weight is 405 g/mol. The van der Waals surface area contributed by atoms with Crippen LogP contribution in [0.25, 0.3) is 10.9 Å². The van der Waals surface area contributed by atoms with Crippen molar-refractivity contribution in [1.82, 2.24) is 9.88 Å². The third-order valence-electron chi connectivity index (χ3n) is 5.82. The Morgan fingerprint density at radius 1 is 1.07 bits per heavy atom. The van der Waals surface area contributed by atoms with Crippen molar-refractivity contribution in [3.8, 4) is 5.75 Å². The smallest absolute Gasteiger partial charge is 0.206 e. The van der Waals surface area contributed by atoms with Gasteiger partial charge in [-0.1, -0.05) is 0 Å². The average Bonchev–Trinajstić information content (AvgIpc) is 3.14. The molecular weight excluding hydrogens is 384 g/mol. The molecule has 2 aromatic carbocycles. The first kappa shape index (κ1) is 18.3. The van der Waals surface area contributed by atoms with Crippen LogP contribution in [0.3, 0.4) is 0 Å². The molecule has 2 unspecified atom stereocenters. The van der Waals surface area contributed by atoms with Crippen LogP contribution >= 0.6 is 12.4 Å². The summed E-state index contributed by atoms with van der Waals surface area (Å²) in [6.45, 7) is 0. The molecule has 1 fully saturated rings. The lowest BCUT2D eigenvalue weighted by molar-refractivity contribution is 0.475. The number of phenols is 1. The Bertz CT molecular complexity index is 1140. The maximum absolute atomic E-state index is 13.0. The molecule has 2 aliphatic rings. The van der Waals surface area contributed by atoms with Crippen molar-refractivity contribution >= 4 is 33.1 Å². The predicted molar refractivity (Wildman–Crippen MR) is 106 cm³/mol. The molecule has 1 saturated heterocycles. The second-order valence-electron chi connectivity index (χ2n) is 7.29. The number of benzene rings is 2. The molecule has 5 rings (SSSR count). The van der Waals surface area contributed by atoms with Crippen molar-refractivity contribution in [3.63, 3.8) is 0 Å². The monoisotopic (exact) mass is 404 g/mol. The molecule has 2 N–H and O–H groups in total. The van der Waals surface area contributed by atoms with Gasteiger partial charge in [0.25, 0.3) is 0 Å². The first-order chi connectivity index (χ1) is 12.4. The van der Waals surface area contributed by atoms with Crippen LogP contribution in [0.15, 0.2) is 52.3 Å². The highest BCUT2D eigenvalue weighted by Crippen LogP contribution is 2.42. The normalized spacial score (nSPS) is 21.1. The fraction of sp³-hybridized carbons (Fsp3) is 0.300. The van der Waals surface area contributed by atoms with E-state index in [0.717, 1.165) is 23.7 Å². The topological polar surface area (TPSA) is 71.3 Å². The minimum atomic E-state index is -3.62. The molecule has 0 radical (unpaired) electrons. The van der Waals surface area contributed by atoms with Crippen molar-refractivity contribution in [2.45, 2.75) is 41.1 Å². The Kier molecular flexibility index (Phi) is 4.25. The van der Waals surface area contributed by atoms with Crippen LogP contribution in [-0.4, -0.2) is 24.1 Å². The summed E-state index contributed by atoms with van der Waals surface area (Å²) in [5.74, 6) is 0.0541. The molecule has 2 atom stereocenters. The molecule has 0 aliphatic carbocycles. The van der Waals surface area contributed by atoms with E-state index in [1.165, 1.54) is 41.9 Å². The van der Waals surface area contributed by atoms with Crippen LogP contribution in [0.1, 0.15) is 30.1 Å². The molecule has 0 spiro atoms. The Hall–Kier alpha value is -2.02. The number of aryl methyl sites for hydroxylation is 1. The molecule has 7 heteroatoms. The summed E-state index contributed by atoms with van der Waals surface area (Å²) in [7, 11) is -1.55. The van der Waals surface area contributed by atoms with Gasteiger partial charge in [-0.2, -0.15) is 0 Å². The van der Waals surface area contributed by atoms with Gasteiger partial charge in [-0.25, -0.2) is 8.42 Å². The van der Waals surface area contributed by atoms with Crippen molar-refractivity contribution in [1.29, 1.82) is 0 Å². The number of phenolic OH excluding ortho intramolecular Hbond substituents is 1. The quantitative estimate of drug-likeness (QED) is 0.685. The number of nitrogens with one attached hydrogen (secondary N) is 1. The summed E-state index contributed by atoms with van der Waals surface area (Å²) < 4.78 is 28.3. The van der Waals surface area contributed by atoms with Gasteiger partial charge in [0, 0.05) is 42.1 Å². The highest BCUT2D eigenvalue weighted by Gasteiger charge is 2.36. The van der Waals surface area contributed by atoms with Crippen molar-refractivity contribution < 1.29 is 13.5 Å². The molecule has 142 valence electrons. The summed E-state index contributed by atoms with van der Waals surface area (Å²) in [5, 5.41) is 14.1. The van der Waals surface area contributed by atoms with Crippen LogP contribution in [0.5, 0.6) is 5.75 Å². The summed E-state index contributed by atoms with van der Waals surface area (Å²) in [5.41, 5.74) is 3.67. The van der Waals surface area contributed by atoms with Gasteiger partial charge in [0.1, 0.15) is 5.75 Å². The van der Waals surface area contributed by atoms with E-state index in [4.69, 9.17) is 0 Å². The molecular formula is C20H21ClN2O3S. The minimum Gasteiger partial charge on any atom is -0.508 e. The zero-order valence-electron chi connectivity index (χ0n) is 14.8. The third-order valence-corrected chi connectivity index (χ3v) is 7.59. The predicted octanol–water partition coefficient (Wildman–Crippen LogP) is 3.49. The SMILES string of the molecule is Cl.Cn1c2c(c3cc(S(=O)(=O)c4ccc(O)cc4)ccc31)C1CCC(C2)N1. The lowest BCUT2D eigenvalue weighted by atomic mass is 9.99. The number of halogens is 1. The molecule has 2 aliphatic heterocycles. The minimum absolute atomic E-state index is 0. The number of sulfone groups is 1. The van der Waals surface area contributed by atoms with E-state index in [9.17, 15) is 13.5 Å². The van der Waals surface area contributed by atoms with Crippen molar-refractivity contribution in [3.05, 3.63) is 53.7 Å². The summed E-state index contributed by atoms with van der Waals surface area (Å²) in [4.78, 5) is 0.489. The molecule has 0 saturated carbocycles. The first-order valence-corrected chi connectivity index (χ1v) is 10.3. The van der Waals surface area contributed by atoms with Crippen molar-refractivity contribution in [2.24, 2.45) is 7.05 Å². The summed E-state index contributed by atoms with van der Waals surface area (Å²) in [6.07, 6.45) is 3.27. The molecule has 5 nitrogen and oxygen atoms in total. The van der Waals surface area contributed by atoms with Crippen LogP contribution in [0.4, 0.5) is 0 Å².